The minimum Gasteiger partial charge on any atom is -0.290 e. The standard InChI is InChI=1S/C8H6N4/c1-6-7(4-9)11-5-12-3-2-10-8(6)12/h2-3,5H,1H3. The third-order valence-electron chi connectivity index (χ3n) is 1.78. The Balaban J connectivity index is 2.89. The van der Waals surface area contributed by atoms with E-state index in [0.717, 1.165) is 11.2 Å². The zero-order valence-corrected chi connectivity index (χ0v) is 6.52. The summed E-state index contributed by atoms with van der Waals surface area (Å²) in [6.07, 6.45) is 5.08. The molecule has 0 aromatic carbocycles. The van der Waals surface area contributed by atoms with Gasteiger partial charge in [-0.1, -0.05) is 0 Å². The second kappa shape index (κ2) is 2.31. The van der Waals surface area contributed by atoms with Crippen molar-refractivity contribution in [1.82, 2.24) is 14.4 Å². The van der Waals surface area contributed by atoms with E-state index < -0.39 is 0 Å². The number of nitriles is 1. The van der Waals surface area contributed by atoms with Crippen LogP contribution in [0.3, 0.4) is 0 Å². The fourth-order valence-corrected chi connectivity index (χ4v) is 1.13. The highest BCUT2D eigenvalue weighted by molar-refractivity contribution is 5.51. The predicted octanol–water partition coefficient (Wildman–Crippen LogP) is 0.909. The van der Waals surface area contributed by atoms with Crippen LogP contribution < -0.4 is 0 Å². The van der Waals surface area contributed by atoms with Crippen molar-refractivity contribution in [3.05, 3.63) is 30.0 Å². The summed E-state index contributed by atoms with van der Waals surface area (Å²) in [5.41, 5.74) is 2.06. The highest BCUT2D eigenvalue weighted by Gasteiger charge is 2.03. The van der Waals surface area contributed by atoms with Crippen molar-refractivity contribution in [3.63, 3.8) is 0 Å². The van der Waals surface area contributed by atoms with Crippen LogP contribution >= 0.6 is 0 Å². The van der Waals surface area contributed by atoms with Crippen LogP contribution in [0.5, 0.6) is 0 Å². The van der Waals surface area contributed by atoms with Crippen molar-refractivity contribution in [2.75, 3.05) is 0 Å². The Bertz CT molecular complexity index is 463. The number of aryl methyl sites for hydroxylation is 1. The summed E-state index contributed by atoms with van der Waals surface area (Å²) in [5.74, 6) is 0. The average Bonchev–Trinajstić information content (AvgIpc) is 2.53. The van der Waals surface area contributed by atoms with Crippen LogP contribution in [-0.4, -0.2) is 14.4 Å². The maximum absolute atomic E-state index is 8.67. The van der Waals surface area contributed by atoms with E-state index in [9.17, 15) is 0 Å². The van der Waals surface area contributed by atoms with Crippen molar-refractivity contribution in [3.8, 4) is 6.07 Å². The Kier molecular flexibility index (Phi) is 1.31. The van der Waals surface area contributed by atoms with Gasteiger partial charge in [-0.15, -0.1) is 0 Å². The van der Waals surface area contributed by atoms with E-state index in [1.165, 1.54) is 0 Å². The van der Waals surface area contributed by atoms with Gasteiger partial charge in [0.2, 0.25) is 0 Å². The van der Waals surface area contributed by atoms with Gasteiger partial charge in [-0.3, -0.25) is 4.40 Å². The Morgan fingerprint density at radius 3 is 3.08 bits per heavy atom. The SMILES string of the molecule is Cc1c(C#N)ncn2ccnc12. The van der Waals surface area contributed by atoms with Crippen LogP contribution in [0, 0.1) is 18.3 Å². The van der Waals surface area contributed by atoms with Crippen LogP contribution in [-0.2, 0) is 0 Å². The monoisotopic (exact) mass is 158 g/mol. The quantitative estimate of drug-likeness (QED) is 0.572. The molecule has 0 amide bonds. The molecule has 0 spiro atoms. The Labute approximate surface area is 69.1 Å². The van der Waals surface area contributed by atoms with E-state index in [4.69, 9.17) is 5.26 Å². The molecule has 0 aliphatic carbocycles. The zero-order valence-electron chi connectivity index (χ0n) is 6.52. The molecule has 0 N–H and O–H groups in total. The van der Waals surface area contributed by atoms with Crippen LogP contribution in [0.15, 0.2) is 18.7 Å². The summed E-state index contributed by atoms with van der Waals surface area (Å²) in [6, 6.07) is 2.01. The Morgan fingerprint density at radius 2 is 2.33 bits per heavy atom. The first-order valence-corrected chi connectivity index (χ1v) is 3.51. The molecule has 2 heterocycles. The van der Waals surface area contributed by atoms with Gasteiger partial charge in [0.05, 0.1) is 0 Å². The molecule has 2 aromatic heterocycles. The fraction of sp³-hybridized carbons (Fsp3) is 0.125. The lowest BCUT2D eigenvalue weighted by Crippen LogP contribution is -1.94. The van der Waals surface area contributed by atoms with Crippen LogP contribution in [0.1, 0.15) is 11.3 Å². The number of imidazole rings is 1. The number of hydrogen-bond donors (Lipinski definition) is 0. The maximum Gasteiger partial charge on any atom is 0.148 e. The van der Waals surface area contributed by atoms with Gasteiger partial charge in [-0.2, -0.15) is 5.26 Å². The Hall–Kier alpha value is -1.89. The third-order valence-corrected chi connectivity index (χ3v) is 1.78. The van der Waals surface area contributed by atoms with Gasteiger partial charge in [0, 0.05) is 18.0 Å². The molecule has 0 unspecified atom stereocenters. The third kappa shape index (κ3) is 0.768. The van der Waals surface area contributed by atoms with Gasteiger partial charge >= 0.3 is 0 Å². The van der Waals surface area contributed by atoms with Gasteiger partial charge in [0.25, 0.3) is 0 Å². The van der Waals surface area contributed by atoms with Gasteiger partial charge in [-0.25, -0.2) is 9.97 Å². The normalized spacial score (nSPS) is 10.0. The van der Waals surface area contributed by atoms with E-state index in [0.29, 0.717) is 5.69 Å². The maximum atomic E-state index is 8.67. The number of fused-ring (bicyclic) bond motifs is 1. The molecule has 0 aliphatic rings. The highest BCUT2D eigenvalue weighted by atomic mass is 15.0. The van der Waals surface area contributed by atoms with Crippen molar-refractivity contribution in [1.29, 1.82) is 5.26 Å². The molecule has 0 bridgehead atoms. The van der Waals surface area contributed by atoms with Crippen molar-refractivity contribution >= 4 is 5.65 Å². The lowest BCUT2D eigenvalue weighted by atomic mass is 10.2. The number of aromatic nitrogens is 3. The summed E-state index contributed by atoms with van der Waals surface area (Å²) < 4.78 is 1.79. The molecule has 0 saturated heterocycles. The van der Waals surface area contributed by atoms with Gasteiger partial charge in [0.1, 0.15) is 23.7 Å². The predicted molar refractivity (Wildman–Crippen MR) is 42.4 cm³/mol. The van der Waals surface area contributed by atoms with Crippen LogP contribution in [0.25, 0.3) is 5.65 Å². The highest BCUT2D eigenvalue weighted by Crippen LogP contribution is 2.08. The summed E-state index contributed by atoms with van der Waals surface area (Å²) in [4.78, 5) is 8.06. The molecule has 0 atom stereocenters. The summed E-state index contributed by atoms with van der Waals surface area (Å²) in [5, 5.41) is 8.67. The topological polar surface area (TPSA) is 54.0 Å². The largest absolute Gasteiger partial charge is 0.290 e. The number of hydrogen-bond acceptors (Lipinski definition) is 3. The molecular formula is C8H6N4. The molecule has 0 radical (unpaired) electrons. The average molecular weight is 158 g/mol. The van der Waals surface area contributed by atoms with Crippen LogP contribution in [0.4, 0.5) is 0 Å². The molecule has 0 fully saturated rings. The van der Waals surface area contributed by atoms with E-state index in [1.54, 1.807) is 23.1 Å². The van der Waals surface area contributed by atoms with Gasteiger partial charge < -0.3 is 0 Å². The second-order valence-corrected chi connectivity index (χ2v) is 2.49. The van der Waals surface area contributed by atoms with E-state index in [1.807, 2.05) is 13.0 Å². The second-order valence-electron chi connectivity index (χ2n) is 2.49. The molecule has 0 aliphatic heterocycles. The molecule has 58 valence electrons. The van der Waals surface area contributed by atoms with E-state index in [2.05, 4.69) is 9.97 Å². The molecule has 2 rings (SSSR count). The summed E-state index contributed by atoms with van der Waals surface area (Å²) >= 11 is 0. The number of nitrogens with zero attached hydrogens (tertiary/aromatic N) is 4. The molecule has 4 nitrogen and oxygen atoms in total. The molecule has 4 heteroatoms. The minimum atomic E-state index is 0.439. The first-order valence-electron chi connectivity index (χ1n) is 3.51. The minimum absolute atomic E-state index is 0.439. The smallest absolute Gasteiger partial charge is 0.148 e. The van der Waals surface area contributed by atoms with E-state index in [-0.39, 0.29) is 0 Å². The van der Waals surface area contributed by atoms with Crippen LogP contribution in [0.2, 0.25) is 0 Å². The fourth-order valence-electron chi connectivity index (χ4n) is 1.13. The van der Waals surface area contributed by atoms with Gasteiger partial charge in [0.15, 0.2) is 0 Å². The molecule has 2 aromatic rings. The van der Waals surface area contributed by atoms with Crippen molar-refractivity contribution in [2.45, 2.75) is 6.92 Å². The first-order chi connectivity index (χ1) is 5.83. The zero-order chi connectivity index (χ0) is 8.55. The van der Waals surface area contributed by atoms with E-state index >= 15 is 0 Å². The van der Waals surface area contributed by atoms with Crippen molar-refractivity contribution in [2.24, 2.45) is 0 Å². The summed E-state index contributed by atoms with van der Waals surface area (Å²) in [6.45, 7) is 1.84. The van der Waals surface area contributed by atoms with Crippen molar-refractivity contribution < 1.29 is 0 Å². The molecule has 12 heavy (non-hydrogen) atoms. The Morgan fingerprint density at radius 1 is 1.50 bits per heavy atom. The molecular weight excluding hydrogens is 152 g/mol. The lowest BCUT2D eigenvalue weighted by molar-refractivity contribution is 1.05. The first kappa shape index (κ1) is 6.80. The number of rotatable bonds is 0. The lowest BCUT2D eigenvalue weighted by Gasteiger charge is -1.97. The van der Waals surface area contributed by atoms with Gasteiger partial charge in [-0.05, 0) is 6.92 Å². The summed E-state index contributed by atoms with van der Waals surface area (Å²) in [7, 11) is 0. The molecule has 0 saturated carbocycles.